The minimum absolute atomic E-state index is 0.297. The number of rotatable bonds is 10. The van der Waals surface area contributed by atoms with Crippen LogP contribution >= 0.6 is 0 Å². The lowest BCUT2D eigenvalue weighted by Gasteiger charge is -1.91. The molecule has 3 nitrogen and oxygen atoms in total. The monoisotopic (exact) mass is 282 g/mol. The zero-order valence-corrected chi connectivity index (χ0v) is 12.8. The van der Waals surface area contributed by atoms with E-state index in [4.69, 9.17) is 14.6 Å². The molecule has 0 saturated carbocycles. The Kier molecular flexibility index (Phi) is 8.83. The van der Waals surface area contributed by atoms with Crippen LogP contribution in [0.15, 0.2) is 25.3 Å². The largest absolute Gasteiger partial charge is 0.396 e. The lowest BCUT2D eigenvalue weighted by atomic mass is 10.1. The van der Waals surface area contributed by atoms with E-state index in [1.807, 2.05) is 12.2 Å². The van der Waals surface area contributed by atoms with Crippen LogP contribution < -0.4 is 0 Å². The molecule has 2 aliphatic heterocycles. The van der Waals surface area contributed by atoms with Crippen LogP contribution in [0.4, 0.5) is 0 Å². The number of unbranched alkanes of at least 4 members (excludes halogenated alkanes) is 3. The van der Waals surface area contributed by atoms with Gasteiger partial charge in [-0.2, -0.15) is 0 Å². The first kappa shape index (κ1) is 17.4. The molecular weight excluding hydrogens is 252 g/mol. The molecule has 2 fully saturated rings. The summed E-state index contributed by atoms with van der Waals surface area (Å²) in [6, 6.07) is 0. The lowest BCUT2D eigenvalue weighted by molar-refractivity contribution is 0.278. The molecule has 2 unspecified atom stereocenters. The van der Waals surface area contributed by atoms with Gasteiger partial charge in [-0.3, -0.25) is 0 Å². The highest BCUT2D eigenvalue weighted by molar-refractivity contribution is 4.98. The number of hydrogen-bond donors (Lipinski definition) is 1. The first-order chi connectivity index (χ1) is 9.76. The third-order valence-electron chi connectivity index (χ3n) is 3.70. The van der Waals surface area contributed by atoms with Crippen molar-refractivity contribution in [3.8, 4) is 0 Å². The molecule has 20 heavy (non-hydrogen) atoms. The fourth-order valence-corrected chi connectivity index (χ4v) is 2.25. The molecule has 0 bridgehead atoms. The van der Waals surface area contributed by atoms with E-state index in [9.17, 15) is 0 Å². The van der Waals surface area contributed by atoms with E-state index in [0.717, 1.165) is 19.3 Å². The van der Waals surface area contributed by atoms with Crippen LogP contribution in [0.3, 0.4) is 0 Å². The van der Waals surface area contributed by atoms with Gasteiger partial charge >= 0.3 is 0 Å². The van der Waals surface area contributed by atoms with Crippen molar-refractivity contribution < 1.29 is 14.6 Å². The van der Waals surface area contributed by atoms with Gasteiger partial charge in [0.2, 0.25) is 0 Å². The molecule has 0 aromatic rings. The van der Waals surface area contributed by atoms with Gasteiger partial charge in [0, 0.05) is 6.61 Å². The topological polar surface area (TPSA) is 45.3 Å². The Bertz CT molecular complexity index is 249. The Morgan fingerprint density at radius 3 is 1.75 bits per heavy atom. The van der Waals surface area contributed by atoms with Crippen molar-refractivity contribution in [2.75, 3.05) is 6.61 Å². The van der Waals surface area contributed by atoms with E-state index in [1.165, 1.54) is 25.7 Å². The average Bonchev–Trinajstić information content (AvgIpc) is 3.35. The van der Waals surface area contributed by atoms with Gasteiger partial charge in [0.15, 0.2) is 0 Å². The van der Waals surface area contributed by atoms with Crippen molar-refractivity contribution in [3.63, 3.8) is 0 Å². The van der Waals surface area contributed by atoms with Crippen LogP contribution in [0.5, 0.6) is 0 Å². The summed E-state index contributed by atoms with van der Waals surface area (Å²) < 4.78 is 10.5. The molecular formula is C17H30O3. The third-order valence-corrected chi connectivity index (χ3v) is 3.70. The molecule has 0 aliphatic carbocycles. The maximum Gasteiger partial charge on any atom is 0.102 e. The summed E-state index contributed by atoms with van der Waals surface area (Å²) in [6.45, 7) is 9.82. The van der Waals surface area contributed by atoms with Gasteiger partial charge in [0.1, 0.15) is 12.2 Å². The number of epoxide rings is 2. The smallest absolute Gasteiger partial charge is 0.102 e. The SMILES string of the molecule is C=C[C@H]1OC1CCCCC.C=C[C@H]1OC1CCCCO. The van der Waals surface area contributed by atoms with Crippen molar-refractivity contribution in [1.82, 2.24) is 0 Å². The van der Waals surface area contributed by atoms with Gasteiger partial charge in [-0.1, -0.05) is 38.3 Å². The molecule has 1 N–H and O–H groups in total. The lowest BCUT2D eigenvalue weighted by Crippen LogP contribution is -1.91. The van der Waals surface area contributed by atoms with Crippen molar-refractivity contribution >= 4 is 0 Å². The van der Waals surface area contributed by atoms with Crippen LogP contribution in [-0.2, 0) is 9.47 Å². The number of ether oxygens (including phenoxy) is 2. The van der Waals surface area contributed by atoms with Gasteiger partial charge in [-0.25, -0.2) is 0 Å². The molecule has 0 spiro atoms. The van der Waals surface area contributed by atoms with Crippen LogP contribution in [0.2, 0.25) is 0 Å². The van der Waals surface area contributed by atoms with Crippen LogP contribution in [0.25, 0.3) is 0 Å². The zero-order valence-electron chi connectivity index (χ0n) is 12.8. The van der Waals surface area contributed by atoms with Crippen LogP contribution in [0.1, 0.15) is 51.9 Å². The van der Waals surface area contributed by atoms with E-state index >= 15 is 0 Å². The molecule has 0 radical (unpaired) electrons. The zero-order chi connectivity index (χ0) is 14.8. The van der Waals surface area contributed by atoms with Gasteiger partial charge < -0.3 is 14.6 Å². The highest BCUT2D eigenvalue weighted by Crippen LogP contribution is 2.28. The highest BCUT2D eigenvalue weighted by atomic mass is 16.6. The Morgan fingerprint density at radius 2 is 1.40 bits per heavy atom. The fourth-order valence-electron chi connectivity index (χ4n) is 2.25. The Balaban J connectivity index is 0.000000200. The van der Waals surface area contributed by atoms with Gasteiger partial charge in [0.25, 0.3) is 0 Å². The number of aliphatic hydroxyl groups is 1. The summed E-state index contributed by atoms with van der Waals surface area (Å²) in [5.41, 5.74) is 0. The average molecular weight is 282 g/mol. The minimum atomic E-state index is 0.297. The Labute approximate surface area is 123 Å². The summed E-state index contributed by atoms with van der Waals surface area (Å²) >= 11 is 0. The fraction of sp³-hybridized carbons (Fsp3) is 0.765. The molecule has 2 rings (SSSR count). The molecule has 0 aromatic heterocycles. The molecule has 116 valence electrons. The van der Waals surface area contributed by atoms with E-state index in [2.05, 4.69) is 20.1 Å². The first-order valence-corrected chi connectivity index (χ1v) is 7.93. The molecule has 2 saturated heterocycles. The second kappa shape index (κ2) is 10.1. The summed E-state index contributed by atoms with van der Waals surface area (Å²) in [5, 5.41) is 8.46. The van der Waals surface area contributed by atoms with Crippen molar-refractivity contribution in [2.45, 2.75) is 76.3 Å². The van der Waals surface area contributed by atoms with E-state index < -0.39 is 0 Å². The molecule has 0 amide bonds. The van der Waals surface area contributed by atoms with Crippen molar-refractivity contribution in [2.24, 2.45) is 0 Å². The molecule has 2 heterocycles. The highest BCUT2D eigenvalue weighted by Gasteiger charge is 2.35. The predicted molar refractivity (Wildman–Crippen MR) is 82.8 cm³/mol. The number of aliphatic hydroxyl groups excluding tert-OH is 1. The molecule has 3 heteroatoms. The normalized spacial score (nSPS) is 30.1. The maximum absolute atomic E-state index is 8.46. The Hall–Kier alpha value is -0.640. The second-order valence-corrected chi connectivity index (χ2v) is 5.46. The Morgan fingerprint density at radius 1 is 0.900 bits per heavy atom. The standard InChI is InChI=1S/C9H16O.C8H14O2/c1-3-5-6-7-9-8(4-2)10-9;1-2-7-8(10-7)5-3-4-6-9/h4,8-9H,2-3,5-7H2,1H3;2,7-9H,1,3-6H2/t8-,9?;7-,8?/m11/s1. The molecule has 0 aromatic carbocycles. The van der Waals surface area contributed by atoms with Crippen LogP contribution in [0, 0.1) is 0 Å². The third kappa shape index (κ3) is 7.22. The number of hydrogen-bond acceptors (Lipinski definition) is 3. The first-order valence-electron chi connectivity index (χ1n) is 7.93. The van der Waals surface area contributed by atoms with Crippen molar-refractivity contribution in [1.29, 1.82) is 0 Å². The van der Waals surface area contributed by atoms with Gasteiger partial charge in [0.05, 0.1) is 12.2 Å². The summed E-state index contributed by atoms with van der Waals surface area (Å²) in [5.74, 6) is 0. The van der Waals surface area contributed by atoms with E-state index in [-0.39, 0.29) is 0 Å². The maximum atomic E-state index is 8.46. The molecule has 4 atom stereocenters. The second-order valence-electron chi connectivity index (χ2n) is 5.46. The summed E-state index contributed by atoms with van der Waals surface area (Å²) in [4.78, 5) is 0. The van der Waals surface area contributed by atoms with E-state index in [1.54, 1.807) is 0 Å². The molecule has 2 aliphatic rings. The quantitative estimate of drug-likeness (QED) is 0.378. The van der Waals surface area contributed by atoms with E-state index in [0.29, 0.717) is 31.0 Å². The minimum Gasteiger partial charge on any atom is -0.396 e. The summed E-state index contributed by atoms with van der Waals surface area (Å²) in [6.07, 6.45) is 13.5. The summed E-state index contributed by atoms with van der Waals surface area (Å²) in [7, 11) is 0. The predicted octanol–water partition coefficient (Wildman–Crippen LogP) is 3.62. The van der Waals surface area contributed by atoms with Gasteiger partial charge in [-0.15, -0.1) is 13.2 Å². The van der Waals surface area contributed by atoms with Gasteiger partial charge in [-0.05, 0) is 25.7 Å². The van der Waals surface area contributed by atoms with Crippen molar-refractivity contribution in [3.05, 3.63) is 25.3 Å². The van der Waals surface area contributed by atoms with Crippen LogP contribution in [-0.4, -0.2) is 36.1 Å².